The van der Waals surface area contributed by atoms with Gasteiger partial charge in [0.15, 0.2) is 5.82 Å². The summed E-state index contributed by atoms with van der Waals surface area (Å²) in [6.45, 7) is 6.81. The summed E-state index contributed by atoms with van der Waals surface area (Å²) in [6.07, 6.45) is 8.64. The molecule has 0 aliphatic carbocycles. The fourth-order valence-electron chi connectivity index (χ4n) is 4.47. The van der Waals surface area contributed by atoms with Gasteiger partial charge in [-0.2, -0.15) is 0 Å². The minimum Gasteiger partial charge on any atom is -0.366 e. The number of aromatic nitrogens is 2. The van der Waals surface area contributed by atoms with Crippen LogP contribution < -0.4 is 10.6 Å². The molecule has 1 amide bonds. The molecule has 5 rings (SSSR count). The smallest absolute Gasteiger partial charge is 0.248 e. The quantitative estimate of drug-likeness (QED) is 0.347. The van der Waals surface area contributed by atoms with E-state index in [4.69, 9.17) is 15.7 Å². The highest BCUT2D eigenvalue weighted by Gasteiger charge is 2.24. The van der Waals surface area contributed by atoms with Gasteiger partial charge in [0.2, 0.25) is 5.91 Å². The molecular formula is C30H26N4O. The molecule has 0 spiro atoms. The molecule has 0 radical (unpaired) electrons. The summed E-state index contributed by atoms with van der Waals surface area (Å²) in [5.41, 5.74) is 12.0. The summed E-state index contributed by atoms with van der Waals surface area (Å²) in [5.74, 6) is 1.05. The van der Waals surface area contributed by atoms with Crippen LogP contribution in [0.15, 0.2) is 97.6 Å². The summed E-state index contributed by atoms with van der Waals surface area (Å²) in [6, 6.07) is 21.9. The van der Waals surface area contributed by atoms with Gasteiger partial charge in [-0.15, -0.1) is 0 Å². The molecule has 2 heterocycles. The Morgan fingerprint density at radius 3 is 2.66 bits per heavy atom. The maximum absolute atomic E-state index is 11.7. The SMILES string of the molecule is C=C/C(=C\C=C/C)c1nc(N2CCc3ccccc32)c2ccc(-c3cccc(C(N)=O)c3)cc2n1. The Morgan fingerprint density at radius 1 is 1.03 bits per heavy atom. The van der Waals surface area contributed by atoms with Crippen molar-refractivity contribution in [2.24, 2.45) is 5.73 Å². The van der Waals surface area contributed by atoms with Gasteiger partial charge in [0.25, 0.3) is 0 Å². The molecule has 0 atom stereocenters. The lowest BCUT2D eigenvalue weighted by molar-refractivity contribution is 0.100. The van der Waals surface area contributed by atoms with Gasteiger partial charge in [-0.1, -0.05) is 67.3 Å². The number of rotatable bonds is 6. The standard InChI is InChI=1S/C30H26N4O/c1-3-5-9-20(4-2)29-32-26-19-23(22-11-8-12-24(18-22)28(31)35)14-15-25(26)30(33-29)34-17-16-21-10-6-7-13-27(21)34/h3-15,18-19H,2,16-17H2,1H3,(H2,31,35)/b5-3-,20-9+. The van der Waals surface area contributed by atoms with Crippen molar-refractivity contribution < 1.29 is 4.79 Å². The minimum atomic E-state index is -0.447. The average molecular weight is 459 g/mol. The lowest BCUT2D eigenvalue weighted by Crippen LogP contribution is -2.16. The number of anilines is 2. The van der Waals surface area contributed by atoms with E-state index in [-0.39, 0.29) is 0 Å². The van der Waals surface area contributed by atoms with Gasteiger partial charge in [-0.05, 0) is 60.4 Å². The zero-order valence-electron chi connectivity index (χ0n) is 19.6. The van der Waals surface area contributed by atoms with Gasteiger partial charge in [0.1, 0.15) is 5.82 Å². The average Bonchev–Trinajstić information content (AvgIpc) is 3.32. The molecule has 1 aliphatic heterocycles. The molecule has 0 saturated carbocycles. The molecule has 0 unspecified atom stereocenters. The van der Waals surface area contributed by atoms with Crippen molar-refractivity contribution in [3.05, 3.63) is 115 Å². The number of nitrogens with two attached hydrogens (primary N) is 1. The number of para-hydroxylation sites is 1. The molecule has 0 fully saturated rings. The number of nitrogens with zero attached hydrogens (tertiary/aromatic N) is 3. The number of hydrogen-bond donors (Lipinski definition) is 1. The number of allylic oxidation sites excluding steroid dienone is 5. The molecular weight excluding hydrogens is 432 g/mol. The Balaban J connectivity index is 1.72. The van der Waals surface area contributed by atoms with Crippen LogP contribution >= 0.6 is 0 Å². The predicted octanol–water partition coefficient (Wildman–Crippen LogP) is 6.24. The number of benzene rings is 3. The zero-order valence-corrected chi connectivity index (χ0v) is 19.6. The summed E-state index contributed by atoms with van der Waals surface area (Å²) >= 11 is 0. The number of fused-ring (bicyclic) bond motifs is 2. The second-order valence-corrected chi connectivity index (χ2v) is 8.43. The van der Waals surface area contributed by atoms with Crippen LogP contribution in [0.2, 0.25) is 0 Å². The number of carbonyl (C=O) groups is 1. The Labute approximate surface area is 205 Å². The molecule has 172 valence electrons. The highest BCUT2D eigenvalue weighted by Crippen LogP contribution is 2.38. The van der Waals surface area contributed by atoms with Crippen molar-refractivity contribution in [3.63, 3.8) is 0 Å². The monoisotopic (exact) mass is 458 g/mol. The number of hydrogen-bond acceptors (Lipinski definition) is 4. The van der Waals surface area contributed by atoms with Crippen LogP contribution in [0, 0.1) is 0 Å². The Kier molecular flexibility index (Phi) is 5.98. The van der Waals surface area contributed by atoms with Crippen LogP contribution in [0.5, 0.6) is 0 Å². The van der Waals surface area contributed by atoms with Crippen LogP contribution in [-0.4, -0.2) is 22.4 Å². The van der Waals surface area contributed by atoms with Crippen molar-refractivity contribution in [3.8, 4) is 11.1 Å². The Hall–Kier alpha value is -4.51. The van der Waals surface area contributed by atoms with E-state index >= 15 is 0 Å². The fourth-order valence-corrected chi connectivity index (χ4v) is 4.47. The van der Waals surface area contributed by atoms with Gasteiger partial charge >= 0.3 is 0 Å². The van der Waals surface area contributed by atoms with E-state index < -0.39 is 5.91 Å². The molecule has 5 heteroatoms. The topological polar surface area (TPSA) is 72.1 Å². The van der Waals surface area contributed by atoms with E-state index in [9.17, 15) is 4.79 Å². The molecule has 0 saturated heterocycles. The molecule has 2 N–H and O–H groups in total. The predicted molar refractivity (Wildman–Crippen MR) is 144 cm³/mol. The molecule has 5 nitrogen and oxygen atoms in total. The fraction of sp³-hybridized carbons (Fsp3) is 0.100. The molecule has 1 aromatic heterocycles. The van der Waals surface area contributed by atoms with Crippen LogP contribution in [0.1, 0.15) is 28.7 Å². The van der Waals surface area contributed by atoms with Crippen LogP contribution in [0.4, 0.5) is 11.5 Å². The Bertz CT molecular complexity index is 1520. The maximum Gasteiger partial charge on any atom is 0.248 e. The summed E-state index contributed by atoms with van der Waals surface area (Å²) in [4.78, 5) is 23.9. The second kappa shape index (κ2) is 9.39. The number of primary amides is 1. The normalized spacial score (nSPS) is 13.4. The first-order chi connectivity index (χ1) is 17.1. The molecule has 3 aromatic carbocycles. The lowest BCUT2D eigenvalue weighted by Gasteiger charge is -2.21. The molecule has 0 bridgehead atoms. The van der Waals surface area contributed by atoms with Crippen molar-refractivity contribution in [2.75, 3.05) is 11.4 Å². The number of amides is 1. The van der Waals surface area contributed by atoms with Crippen molar-refractivity contribution in [1.82, 2.24) is 9.97 Å². The third-order valence-electron chi connectivity index (χ3n) is 6.25. The molecule has 35 heavy (non-hydrogen) atoms. The van der Waals surface area contributed by atoms with E-state index in [0.717, 1.165) is 46.4 Å². The minimum absolute atomic E-state index is 0.447. The van der Waals surface area contributed by atoms with E-state index in [1.165, 1.54) is 11.3 Å². The first kappa shape index (κ1) is 22.3. The highest BCUT2D eigenvalue weighted by atomic mass is 16.1. The van der Waals surface area contributed by atoms with E-state index in [1.807, 2.05) is 55.5 Å². The van der Waals surface area contributed by atoms with Gasteiger partial charge < -0.3 is 10.6 Å². The largest absolute Gasteiger partial charge is 0.366 e. The first-order valence-corrected chi connectivity index (χ1v) is 11.6. The van der Waals surface area contributed by atoms with Gasteiger partial charge in [-0.3, -0.25) is 4.79 Å². The Morgan fingerprint density at radius 2 is 1.86 bits per heavy atom. The van der Waals surface area contributed by atoms with E-state index in [0.29, 0.717) is 11.4 Å². The highest BCUT2D eigenvalue weighted by molar-refractivity contribution is 5.97. The number of carbonyl (C=O) groups excluding carboxylic acids is 1. The van der Waals surface area contributed by atoms with Crippen LogP contribution in [0.3, 0.4) is 0 Å². The summed E-state index contributed by atoms with van der Waals surface area (Å²) in [5, 5.41) is 0.967. The van der Waals surface area contributed by atoms with Crippen molar-refractivity contribution in [2.45, 2.75) is 13.3 Å². The van der Waals surface area contributed by atoms with Crippen molar-refractivity contribution in [1.29, 1.82) is 0 Å². The van der Waals surface area contributed by atoms with Gasteiger partial charge in [0.05, 0.1) is 5.52 Å². The van der Waals surface area contributed by atoms with Crippen molar-refractivity contribution >= 4 is 33.9 Å². The third kappa shape index (κ3) is 4.24. The summed E-state index contributed by atoms with van der Waals surface area (Å²) < 4.78 is 0. The molecule has 1 aliphatic rings. The third-order valence-corrected chi connectivity index (χ3v) is 6.25. The van der Waals surface area contributed by atoms with Gasteiger partial charge in [-0.25, -0.2) is 9.97 Å². The molecule has 4 aromatic rings. The van der Waals surface area contributed by atoms with Crippen LogP contribution in [0.25, 0.3) is 27.6 Å². The van der Waals surface area contributed by atoms with E-state index in [2.05, 4.69) is 41.8 Å². The van der Waals surface area contributed by atoms with Crippen LogP contribution in [-0.2, 0) is 6.42 Å². The first-order valence-electron chi connectivity index (χ1n) is 11.6. The van der Waals surface area contributed by atoms with Gasteiger partial charge in [0, 0.05) is 28.8 Å². The zero-order chi connectivity index (χ0) is 24.4. The lowest BCUT2D eigenvalue weighted by atomic mass is 10.0. The summed E-state index contributed by atoms with van der Waals surface area (Å²) in [7, 11) is 0. The van der Waals surface area contributed by atoms with E-state index in [1.54, 1.807) is 12.1 Å². The second-order valence-electron chi connectivity index (χ2n) is 8.43. The maximum atomic E-state index is 11.7.